The summed E-state index contributed by atoms with van der Waals surface area (Å²) in [5.74, 6) is 1.66. The Morgan fingerprint density at radius 2 is 0.949 bits per heavy atom. The first kappa shape index (κ1) is 34.6. The Labute approximate surface area is 344 Å². The highest BCUT2D eigenvalue weighted by Gasteiger charge is 2.41. The number of fused-ring (bicyclic) bond motifs is 5. The minimum atomic E-state index is -0.955. The van der Waals surface area contributed by atoms with Gasteiger partial charge in [-0.15, -0.1) is 0 Å². The number of ether oxygens (including phenoxy) is 2. The molecule has 59 heavy (non-hydrogen) atoms. The molecule has 0 radical (unpaired) electrons. The highest BCUT2D eigenvalue weighted by molar-refractivity contribution is 6.23. The van der Waals surface area contributed by atoms with E-state index in [0.29, 0.717) is 0 Å². The van der Waals surface area contributed by atoms with Crippen molar-refractivity contribution < 1.29 is 9.47 Å². The van der Waals surface area contributed by atoms with Crippen molar-refractivity contribution >= 4 is 33.9 Å². The molecule has 0 fully saturated rings. The van der Waals surface area contributed by atoms with Crippen LogP contribution in [-0.4, -0.2) is 7.11 Å². The number of methoxy groups -OCH3 is 1. The van der Waals surface area contributed by atoms with Crippen molar-refractivity contribution in [3.05, 3.63) is 229 Å². The van der Waals surface area contributed by atoms with Crippen LogP contribution < -0.4 is 14.4 Å². The number of hydrogen-bond acceptors (Lipinski definition) is 3. The molecular weight excluding hydrogens is 719 g/mol. The molecule has 9 aromatic rings. The van der Waals surface area contributed by atoms with E-state index in [-0.39, 0.29) is 0 Å². The quantitative estimate of drug-likeness (QED) is 0.154. The summed E-state index contributed by atoms with van der Waals surface area (Å²) in [5.41, 5.74) is 15.1. The molecule has 11 rings (SSSR count). The average Bonchev–Trinajstić information content (AvgIpc) is 3.65. The van der Waals surface area contributed by atoms with Crippen molar-refractivity contribution in [2.45, 2.75) is 5.60 Å². The van der Waals surface area contributed by atoms with Gasteiger partial charge in [-0.1, -0.05) is 158 Å². The lowest BCUT2D eigenvalue weighted by molar-refractivity contribution is 0.163. The first-order valence-corrected chi connectivity index (χ1v) is 20.1. The third-order valence-corrected chi connectivity index (χ3v) is 11.9. The zero-order valence-electron chi connectivity index (χ0n) is 32.5. The Hall–Kier alpha value is -7.62. The maximum atomic E-state index is 7.75. The zero-order chi connectivity index (χ0) is 39.3. The number of rotatable bonds is 8. The minimum absolute atomic E-state index is 0.795. The van der Waals surface area contributed by atoms with Crippen molar-refractivity contribution in [3.8, 4) is 56.0 Å². The largest absolute Gasteiger partial charge is 0.497 e. The lowest BCUT2D eigenvalue weighted by atomic mass is 9.80. The molecule has 0 aromatic heterocycles. The second-order valence-corrected chi connectivity index (χ2v) is 15.1. The van der Waals surface area contributed by atoms with E-state index < -0.39 is 5.60 Å². The summed E-state index contributed by atoms with van der Waals surface area (Å²) >= 11 is 0. The maximum absolute atomic E-state index is 7.75. The van der Waals surface area contributed by atoms with Crippen molar-refractivity contribution in [1.82, 2.24) is 0 Å². The van der Waals surface area contributed by atoms with E-state index in [4.69, 9.17) is 9.47 Å². The molecule has 0 bridgehead atoms. The Morgan fingerprint density at radius 3 is 1.58 bits per heavy atom. The molecule has 0 spiro atoms. The van der Waals surface area contributed by atoms with Gasteiger partial charge in [0.2, 0.25) is 0 Å². The van der Waals surface area contributed by atoms with Gasteiger partial charge < -0.3 is 14.4 Å². The van der Waals surface area contributed by atoms with Crippen LogP contribution in [0.2, 0.25) is 0 Å². The van der Waals surface area contributed by atoms with E-state index >= 15 is 0 Å². The van der Waals surface area contributed by atoms with Gasteiger partial charge in [-0.25, -0.2) is 0 Å². The molecule has 2 aliphatic rings. The van der Waals surface area contributed by atoms with Crippen molar-refractivity contribution in [3.63, 3.8) is 0 Å². The van der Waals surface area contributed by atoms with Gasteiger partial charge in [-0.3, -0.25) is 0 Å². The van der Waals surface area contributed by atoms with Gasteiger partial charge in [-0.2, -0.15) is 0 Å². The minimum Gasteiger partial charge on any atom is -0.497 e. The molecule has 3 heteroatoms. The second-order valence-electron chi connectivity index (χ2n) is 15.1. The van der Waals surface area contributed by atoms with E-state index in [9.17, 15) is 0 Å². The van der Waals surface area contributed by atoms with Crippen molar-refractivity contribution in [1.29, 1.82) is 0 Å². The standard InChI is InChI=1S/C56H39NO2/c1-58-44-34-30-40(31-35-44)56(39-28-32-43(33-29-39)57(41-18-7-3-8-19-41)42-20-9-4-10-21-42)37-36-51-52(47-24-13-11-22-45(47)38-16-5-2-6-17-38)54-49-25-14-12-23-46(49)48-26-15-27-50(53(48)54)55(51)59-56/h2-37H,1H3. The zero-order valence-corrected chi connectivity index (χ0v) is 32.5. The highest BCUT2D eigenvalue weighted by atomic mass is 16.5. The molecule has 280 valence electrons. The molecular formula is C56H39NO2. The second kappa shape index (κ2) is 14.1. The van der Waals surface area contributed by atoms with Gasteiger partial charge in [0.15, 0.2) is 5.60 Å². The fourth-order valence-corrected chi connectivity index (χ4v) is 9.25. The Kier molecular flexibility index (Phi) is 8.27. The van der Waals surface area contributed by atoms with Crippen LogP contribution in [0.5, 0.6) is 11.5 Å². The van der Waals surface area contributed by atoms with Gasteiger partial charge in [0.25, 0.3) is 0 Å². The molecule has 0 saturated carbocycles. The van der Waals surface area contributed by atoms with E-state index in [1.807, 2.05) is 12.1 Å². The van der Waals surface area contributed by atoms with Crippen LogP contribution in [0, 0.1) is 0 Å². The summed E-state index contributed by atoms with van der Waals surface area (Å²) in [6, 6.07) is 73.2. The van der Waals surface area contributed by atoms with E-state index in [0.717, 1.165) is 50.6 Å². The molecule has 1 aliphatic carbocycles. The monoisotopic (exact) mass is 757 g/mol. The number of nitrogens with zero attached hydrogens (tertiary/aromatic N) is 1. The van der Waals surface area contributed by atoms with Crippen molar-refractivity contribution in [2.75, 3.05) is 12.0 Å². The molecule has 1 aliphatic heterocycles. The predicted octanol–water partition coefficient (Wildman–Crippen LogP) is 14.6. The first-order chi connectivity index (χ1) is 29.2. The molecule has 1 heterocycles. The Morgan fingerprint density at radius 1 is 0.441 bits per heavy atom. The lowest BCUT2D eigenvalue weighted by Crippen LogP contribution is -2.34. The lowest BCUT2D eigenvalue weighted by Gasteiger charge is -2.38. The smallest absolute Gasteiger partial charge is 0.178 e. The summed E-state index contributed by atoms with van der Waals surface area (Å²) < 4.78 is 13.4. The third kappa shape index (κ3) is 5.58. The molecule has 1 unspecified atom stereocenters. The Balaban J connectivity index is 1.15. The van der Waals surface area contributed by atoms with Crippen LogP contribution in [-0.2, 0) is 5.60 Å². The van der Waals surface area contributed by atoms with E-state index in [2.05, 4.69) is 211 Å². The summed E-state index contributed by atoms with van der Waals surface area (Å²) in [6.07, 6.45) is 4.58. The number of para-hydroxylation sites is 2. The molecule has 0 N–H and O–H groups in total. The number of benzene rings is 9. The van der Waals surface area contributed by atoms with Gasteiger partial charge in [0, 0.05) is 50.1 Å². The van der Waals surface area contributed by atoms with Crippen LogP contribution in [0.25, 0.3) is 61.4 Å². The topological polar surface area (TPSA) is 21.7 Å². The van der Waals surface area contributed by atoms with Crippen LogP contribution in [0.1, 0.15) is 16.7 Å². The van der Waals surface area contributed by atoms with Gasteiger partial charge >= 0.3 is 0 Å². The molecule has 9 aromatic carbocycles. The highest BCUT2D eigenvalue weighted by Crippen LogP contribution is 2.59. The molecule has 1 atom stereocenters. The molecule has 0 saturated heterocycles. The van der Waals surface area contributed by atoms with E-state index in [1.165, 1.54) is 49.9 Å². The van der Waals surface area contributed by atoms with Crippen molar-refractivity contribution in [2.24, 2.45) is 0 Å². The van der Waals surface area contributed by atoms with Gasteiger partial charge in [0.1, 0.15) is 11.5 Å². The number of hydrogen-bond donors (Lipinski definition) is 0. The van der Waals surface area contributed by atoms with Crippen LogP contribution in [0.4, 0.5) is 17.1 Å². The first-order valence-electron chi connectivity index (χ1n) is 20.1. The van der Waals surface area contributed by atoms with E-state index in [1.54, 1.807) is 7.11 Å². The predicted molar refractivity (Wildman–Crippen MR) is 244 cm³/mol. The van der Waals surface area contributed by atoms with Crippen LogP contribution in [0.15, 0.2) is 212 Å². The fourth-order valence-electron chi connectivity index (χ4n) is 9.25. The average molecular weight is 758 g/mol. The molecule has 0 amide bonds. The SMILES string of the molecule is COc1ccc(C2(c3ccc(N(c4ccccc4)c4ccccc4)cc3)C=Cc3c(-c4ccccc4-c4ccccc4)c4c5c(cccc5c3O2)-c2ccccc2-4)cc1. The summed E-state index contributed by atoms with van der Waals surface area (Å²) in [4.78, 5) is 2.29. The summed E-state index contributed by atoms with van der Waals surface area (Å²) in [5, 5.41) is 2.32. The number of anilines is 3. The summed E-state index contributed by atoms with van der Waals surface area (Å²) in [6.45, 7) is 0. The fraction of sp³-hybridized carbons (Fsp3) is 0.0357. The molecule has 3 nitrogen and oxygen atoms in total. The van der Waals surface area contributed by atoms with Crippen LogP contribution >= 0.6 is 0 Å². The normalized spacial score (nSPS) is 14.7. The van der Waals surface area contributed by atoms with Crippen LogP contribution in [0.3, 0.4) is 0 Å². The Bertz CT molecular complexity index is 2990. The van der Waals surface area contributed by atoms with Gasteiger partial charge in [0.05, 0.1) is 7.11 Å². The summed E-state index contributed by atoms with van der Waals surface area (Å²) in [7, 11) is 1.71. The van der Waals surface area contributed by atoms with Gasteiger partial charge in [-0.05, 0) is 99.6 Å². The maximum Gasteiger partial charge on any atom is 0.178 e. The third-order valence-electron chi connectivity index (χ3n) is 11.9.